The molecule has 1 aromatic heterocycles. The fourth-order valence-corrected chi connectivity index (χ4v) is 3.27. The van der Waals surface area contributed by atoms with Crippen LogP contribution in [0.1, 0.15) is 27.8 Å². The van der Waals surface area contributed by atoms with E-state index in [1.165, 1.54) is 26.6 Å². The smallest absolute Gasteiger partial charge is 0.0440 e. The van der Waals surface area contributed by atoms with Crippen LogP contribution in [0, 0.1) is 13.8 Å². The second kappa shape index (κ2) is 6.22. The quantitative estimate of drug-likeness (QED) is 0.897. The molecule has 3 heteroatoms. The summed E-state index contributed by atoms with van der Waals surface area (Å²) in [5.41, 5.74) is 9.78. The second-order valence-corrected chi connectivity index (χ2v) is 6.14. The lowest BCUT2D eigenvalue weighted by Crippen LogP contribution is -2.22. The van der Waals surface area contributed by atoms with Gasteiger partial charge in [-0.15, -0.1) is 11.3 Å². The van der Waals surface area contributed by atoms with Crippen molar-refractivity contribution in [3.05, 3.63) is 51.2 Å². The van der Waals surface area contributed by atoms with E-state index < -0.39 is 0 Å². The SMILES string of the molecule is CCN(Cc1cc(CN)sc1C)c1ccccc1C. The molecule has 0 amide bonds. The minimum Gasteiger partial charge on any atom is -0.367 e. The van der Waals surface area contributed by atoms with Crippen LogP contribution in [0.4, 0.5) is 5.69 Å². The van der Waals surface area contributed by atoms with E-state index in [4.69, 9.17) is 5.73 Å². The predicted octanol–water partition coefficient (Wildman–Crippen LogP) is 3.85. The fraction of sp³-hybridized carbons (Fsp3) is 0.375. The van der Waals surface area contributed by atoms with E-state index in [2.05, 4.69) is 56.0 Å². The van der Waals surface area contributed by atoms with Gasteiger partial charge in [-0.25, -0.2) is 0 Å². The Morgan fingerprint density at radius 1 is 1.21 bits per heavy atom. The lowest BCUT2D eigenvalue weighted by Gasteiger charge is -2.25. The molecule has 2 nitrogen and oxygen atoms in total. The van der Waals surface area contributed by atoms with Crippen molar-refractivity contribution >= 4 is 17.0 Å². The number of thiophene rings is 1. The zero-order valence-electron chi connectivity index (χ0n) is 11.9. The van der Waals surface area contributed by atoms with Crippen molar-refractivity contribution in [3.8, 4) is 0 Å². The van der Waals surface area contributed by atoms with Crippen LogP contribution < -0.4 is 10.6 Å². The molecule has 2 aromatic rings. The standard InChI is InChI=1S/C16H22N2S/c1-4-18(16-8-6-5-7-12(16)2)11-14-9-15(10-17)19-13(14)3/h5-9H,4,10-11,17H2,1-3H3. The molecule has 0 aliphatic carbocycles. The maximum absolute atomic E-state index is 5.73. The van der Waals surface area contributed by atoms with Gasteiger partial charge in [-0.3, -0.25) is 0 Å². The normalized spacial score (nSPS) is 10.7. The summed E-state index contributed by atoms with van der Waals surface area (Å²) in [6.45, 7) is 9.18. The fourth-order valence-electron chi connectivity index (χ4n) is 2.34. The first kappa shape index (κ1) is 14.1. The average Bonchev–Trinajstić information content (AvgIpc) is 2.77. The van der Waals surface area contributed by atoms with Gasteiger partial charge < -0.3 is 10.6 Å². The van der Waals surface area contributed by atoms with E-state index in [1.807, 2.05) is 11.3 Å². The third-order valence-corrected chi connectivity index (χ3v) is 4.59. The van der Waals surface area contributed by atoms with Crippen LogP contribution in [-0.4, -0.2) is 6.54 Å². The summed E-state index contributed by atoms with van der Waals surface area (Å²) in [5, 5.41) is 0. The van der Waals surface area contributed by atoms with Crippen LogP contribution in [0.5, 0.6) is 0 Å². The van der Waals surface area contributed by atoms with Crippen LogP contribution in [0.2, 0.25) is 0 Å². The Balaban J connectivity index is 2.24. The summed E-state index contributed by atoms with van der Waals surface area (Å²) in [6, 6.07) is 10.8. The minimum atomic E-state index is 0.641. The maximum Gasteiger partial charge on any atom is 0.0440 e. The van der Waals surface area contributed by atoms with Crippen molar-refractivity contribution in [2.75, 3.05) is 11.4 Å². The molecule has 0 saturated heterocycles. The van der Waals surface area contributed by atoms with E-state index in [0.29, 0.717) is 6.54 Å². The van der Waals surface area contributed by atoms with Crippen molar-refractivity contribution in [1.82, 2.24) is 0 Å². The van der Waals surface area contributed by atoms with Crippen molar-refractivity contribution in [1.29, 1.82) is 0 Å². The molecule has 0 bridgehead atoms. The first-order valence-electron chi connectivity index (χ1n) is 6.74. The topological polar surface area (TPSA) is 29.3 Å². The molecule has 0 aliphatic rings. The molecule has 102 valence electrons. The Morgan fingerprint density at radius 2 is 1.95 bits per heavy atom. The molecule has 1 heterocycles. The number of rotatable bonds is 5. The summed E-state index contributed by atoms with van der Waals surface area (Å²) in [6.07, 6.45) is 0. The van der Waals surface area contributed by atoms with Crippen LogP contribution in [-0.2, 0) is 13.1 Å². The number of benzene rings is 1. The highest BCUT2D eigenvalue weighted by Gasteiger charge is 2.11. The van der Waals surface area contributed by atoms with Gasteiger partial charge in [0, 0.05) is 35.1 Å². The molecule has 0 radical (unpaired) electrons. The van der Waals surface area contributed by atoms with Crippen LogP contribution in [0.25, 0.3) is 0 Å². The minimum absolute atomic E-state index is 0.641. The first-order chi connectivity index (χ1) is 9.15. The lowest BCUT2D eigenvalue weighted by molar-refractivity contribution is 0.826. The van der Waals surface area contributed by atoms with Crippen LogP contribution in [0.3, 0.4) is 0 Å². The average molecular weight is 274 g/mol. The number of nitrogens with zero attached hydrogens (tertiary/aromatic N) is 1. The van der Waals surface area contributed by atoms with Crippen molar-refractivity contribution in [2.45, 2.75) is 33.9 Å². The van der Waals surface area contributed by atoms with Gasteiger partial charge in [-0.1, -0.05) is 18.2 Å². The van der Waals surface area contributed by atoms with Crippen molar-refractivity contribution in [2.24, 2.45) is 5.73 Å². The number of anilines is 1. The van der Waals surface area contributed by atoms with Gasteiger partial charge >= 0.3 is 0 Å². The molecule has 1 aromatic carbocycles. The summed E-state index contributed by atoms with van der Waals surface area (Å²) in [7, 11) is 0. The molecular weight excluding hydrogens is 252 g/mol. The van der Waals surface area contributed by atoms with E-state index >= 15 is 0 Å². The number of hydrogen-bond donors (Lipinski definition) is 1. The van der Waals surface area contributed by atoms with Gasteiger partial charge in [-0.05, 0) is 44.0 Å². The summed E-state index contributed by atoms with van der Waals surface area (Å²) in [4.78, 5) is 5.07. The largest absolute Gasteiger partial charge is 0.367 e. The highest BCUT2D eigenvalue weighted by atomic mass is 32.1. The van der Waals surface area contributed by atoms with Gasteiger partial charge in [0.1, 0.15) is 0 Å². The molecule has 0 saturated carbocycles. The van der Waals surface area contributed by atoms with E-state index in [-0.39, 0.29) is 0 Å². The van der Waals surface area contributed by atoms with Crippen molar-refractivity contribution in [3.63, 3.8) is 0 Å². The number of hydrogen-bond acceptors (Lipinski definition) is 3. The Hall–Kier alpha value is -1.32. The van der Waals surface area contributed by atoms with Gasteiger partial charge in [0.05, 0.1) is 0 Å². The zero-order valence-corrected chi connectivity index (χ0v) is 12.8. The Labute approximate surface area is 119 Å². The third-order valence-electron chi connectivity index (χ3n) is 3.47. The lowest BCUT2D eigenvalue weighted by atomic mass is 10.1. The molecule has 0 fully saturated rings. The molecule has 19 heavy (non-hydrogen) atoms. The van der Waals surface area contributed by atoms with Crippen LogP contribution in [0.15, 0.2) is 30.3 Å². The monoisotopic (exact) mass is 274 g/mol. The van der Waals surface area contributed by atoms with Gasteiger partial charge in [0.25, 0.3) is 0 Å². The molecule has 2 rings (SSSR count). The highest BCUT2D eigenvalue weighted by Crippen LogP contribution is 2.26. The number of aryl methyl sites for hydroxylation is 2. The maximum atomic E-state index is 5.73. The molecule has 0 aliphatic heterocycles. The van der Waals surface area contributed by atoms with E-state index in [1.54, 1.807) is 0 Å². The van der Waals surface area contributed by atoms with Crippen molar-refractivity contribution < 1.29 is 0 Å². The van der Waals surface area contributed by atoms with E-state index in [9.17, 15) is 0 Å². The number of para-hydroxylation sites is 1. The van der Waals surface area contributed by atoms with Crippen LogP contribution >= 0.6 is 11.3 Å². The molecule has 0 spiro atoms. The molecule has 2 N–H and O–H groups in total. The molecular formula is C16H22N2S. The third kappa shape index (κ3) is 3.17. The van der Waals surface area contributed by atoms with Gasteiger partial charge in [0.2, 0.25) is 0 Å². The highest BCUT2D eigenvalue weighted by molar-refractivity contribution is 7.12. The molecule has 0 atom stereocenters. The Morgan fingerprint density at radius 3 is 2.53 bits per heavy atom. The second-order valence-electron chi connectivity index (χ2n) is 4.80. The van der Waals surface area contributed by atoms with Gasteiger partial charge in [-0.2, -0.15) is 0 Å². The van der Waals surface area contributed by atoms with E-state index in [0.717, 1.165) is 13.1 Å². The zero-order chi connectivity index (χ0) is 13.8. The first-order valence-corrected chi connectivity index (χ1v) is 7.56. The van der Waals surface area contributed by atoms with Gasteiger partial charge in [0.15, 0.2) is 0 Å². The summed E-state index contributed by atoms with van der Waals surface area (Å²) < 4.78 is 0. The predicted molar refractivity (Wildman–Crippen MR) is 84.9 cm³/mol. The summed E-state index contributed by atoms with van der Waals surface area (Å²) in [5.74, 6) is 0. The Bertz CT molecular complexity index is 545. The Kier molecular flexibility index (Phi) is 4.61. The number of nitrogens with two attached hydrogens (primary N) is 1. The summed E-state index contributed by atoms with van der Waals surface area (Å²) >= 11 is 1.81. The molecule has 0 unspecified atom stereocenters.